The molecule has 0 aromatic carbocycles. The lowest BCUT2D eigenvalue weighted by molar-refractivity contribution is 0.0125. The molecule has 1 aromatic rings. The van der Waals surface area contributed by atoms with Gasteiger partial charge in [-0.2, -0.15) is 0 Å². The summed E-state index contributed by atoms with van der Waals surface area (Å²) in [7, 11) is 0. The van der Waals surface area contributed by atoms with Gasteiger partial charge in [-0.25, -0.2) is 19.0 Å². The van der Waals surface area contributed by atoms with Gasteiger partial charge in [-0.05, 0) is 40.2 Å². The van der Waals surface area contributed by atoms with Crippen LogP contribution >= 0.6 is 11.6 Å². The zero-order chi connectivity index (χ0) is 20.2. The fraction of sp³-hybridized carbons (Fsp3) is 0.611. The third-order valence-corrected chi connectivity index (χ3v) is 4.11. The van der Waals surface area contributed by atoms with Gasteiger partial charge >= 0.3 is 12.1 Å². The Morgan fingerprint density at radius 3 is 2.74 bits per heavy atom. The van der Waals surface area contributed by atoms with E-state index in [0.29, 0.717) is 18.7 Å². The van der Waals surface area contributed by atoms with Crippen LogP contribution in [-0.4, -0.2) is 59.5 Å². The monoisotopic (exact) mass is 401 g/mol. The molecule has 1 aliphatic rings. The van der Waals surface area contributed by atoms with Crippen LogP contribution in [0.3, 0.4) is 0 Å². The lowest BCUT2D eigenvalue weighted by Crippen LogP contribution is -2.51. The van der Waals surface area contributed by atoms with Crippen molar-refractivity contribution in [1.29, 1.82) is 0 Å². The number of pyridine rings is 1. The predicted octanol–water partition coefficient (Wildman–Crippen LogP) is 3.67. The molecular weight excluding hydrogens is 377 g/mol. The zero-order valence-electron chi connectivity index (χ0n) is 15.9. The van der Waals surface area contributed by atoms with E-state index in [4.69, 9.17) is 21.1 Å². The number of nitrogens with one attached hydrogen (secondary N) is 1. The molecule has 2 rings (SSSR count). The summed E-state index contributed by atoms with van der Waals surface area (Å²) in [4.78, 5) is 29.4. The molecule has 2 heterocycles. The van der Waals surface area contributed by atoms with E-state index in [1.165, 1.54) is 17.2 Å². The third kappa shape index (κ3) is 5.95. The number of esters is 1. The smallest absolute Gasteiger partial charge is 0.410 e. The molecule has 7 nitrogen and oxygen atoms in total. The summed E-state index contributed by atoms with van der Waals surface area (Å²) in [5.41, 5.74) is -0.102. The van der Waals surface area contributed by atoms with Gasteiger partial charge in [0.25, 0.3) is 0 Å². The van der Waals surface area contributed by atoms with E-state index in [9.17, 15) is 14.0 Å². The molecule has 27 heavy (non-hydrogen) atoms. The molecule has 0 unspecified atom stereocenters. The van der Waals surface area contributed by atoms with Crippen molar-refractivity contribution in [2.24, 2.45) is 0 Å². The van der Waals surface area contributed by atoms with E-state index < -0.39 is 29.9 Å². The van der Waals surface area contributed by atoms with E-state index in [1.807, 2.05) is 0 Å². The van der Waals surface area contributed by atoms with Gasteiger partial charge < -0.3 is 19.7 Å². The molecule has 0 radical (unpaired) electrons. The van der Waals surface area contributed by atoms with Gasteiger partial charge in [0, 0.05) is 12.7 Å². The molecule has 0 aliphatic carbocycles. The van der Waals surface area contributed by atoms with Gasteiger partial charge in [-0.15, -0.1) is 0 Å². The standard InChI is InChI=1S/C18H25ClFN3O4/c1-5-26-16(24)11-9-21-15(19)8-14(11)22-13-6-7-23(10-12(13)20)17(25)27-18(2,3)4/h8-9,12-13H,5-7,10H2,1-4H3,(H,21,22)/t12-,13+/m0/s1. The Bertz CT molecular complexity index is 696. The van der Waals surface area contributed by atoms with Crippen molar-refractivity contribution in [3.63, 3.8) is 0 Å². The number of hydrogen-bond acceptors (Lipinski definition) is 6. The number of halogens is 2. The van der Waals surface area contributed by atoms with Gasteiger partial charge in [0.1, 0.15) is 22.5 Å². The zero-order valence-corrected chi connectivity index (χ0v) is 16.7. The number of carbonyl (C=O) groups excluding carboxylic acids is 2. The summed E-state index contributed by atoms with van der Waals surface area (Å²) < 4.78 is 25.0. The lowest BCUT2D eigenvalue weighted by atomic mass is 10.0. The van der Waals surface area contributed by atoms with E-state index in [2.05, 4.69) is 10.3 Å². The minimum absolute atomic E-state index is 0.0971. The average Bonchev–Trinajstić information content (AvgIpc) is 2.55. The molecule has 1 aromatic heterocycles. The molecular formula is C18H25ClFN3O4. The largest absolute Gasteiger partial charge is 0.462 e. The van der Waals surface area contributed by atoms with Gasteiger partial charge in [0.05, 0.1) is 24.9 Å². The molecule has 0 spiro atoms. The summed E-state index contributed by atoms with van der Waals surface area (Å²) in [6.07, 6.45) is -0.232. The normalized spacial score (nSPS) is 20.1. The van der Waals surface area contributed by atoms with Gasteiger partial charge in [0.2, 0.25) is 0 Å². The summed E-state index contributed by atoms with van der Waals surface area (Å²) in [6.45, 7) is 7.42. The SMILES string of the molecule is CCOC(=O)c1cnc(Cl)cc1N[C@@H]1CCN(C(=O)OC(C)(C)C)C[C@@H]1F. The van der Waals surface area contributed by atoms with E-state index in [-0.39, 0.29) is 23.9 Å². The number of hydrogen-bond donors (Lipinski definition) is 1. The summed E-state index contributed by atoms with van der Waals surface area (Å²) in [6, 6.07) is 0.871. The van der Waals surface area contributed by atoms with Crippen molar-refractivity contribution >= 4 is 29.4 Å². The Morgan fingerprint density at radius 1 is 1.44 bits per heavy atom. The van der Waals surface area contributed by atoms with Crippen LogP contribution in [0.5, 0.6) is 0 Å². The Kier molecular flexibility index (Phi) is 6.86. The van der Waals surface area contributed by atoms with Crippen molar-refractivity contribution in [2.45, 2.75) is 51.9 Å². The molecule has 1 aliphatic heterocycles. The summed E-state index contributed by atoms with van der Waals surface area (Å²) in [5, 5.41) is 3.18. The fourth-order valence-electron chi connectivity index (χ4n) is 2.68. The first-order chi connectivity index (χ1) is 12.6. The lowest BCUT2D eigenvalue weighted by Gasteiger charge is -2.36. The van der Waals surface area contributed by atoms with Crippen molar-refractivity contribution < 1.29 is 23.5 Å². The number of ether oxygens (including phenoxy) is 2. The van der Waals surface area contributed by atoms with E-state index in [1.54, 1.807) is 27.7 Å². The molecule has 1 amide bonds. The first kappa shape index (κ1) is 21.2. The van der Waals surface area contributed by atoms with Crippen LogP contribution in [0.2, 0.25) is 5.15 Å². The van der Waals surface area contributed by atoms with Crippen LogP contribution in [0.1, 0.15) is 44.5 Å². The predicted molar refractivity (Wildman–Crippen MR) is 99.9 cm³/mol. The minimum atomic E-state index is -1.34. The second-order valence-corrected chi connectivity index (χ2v) is 7.64. The average molecular weight is 402 g/mol. The number of carbonyl (C=O) groups is 2. The van der Waals surface area contributed by atoms with Crippen molar-refractivity contribution in [1.82, 2.24) is 9.88 Å². The highest BCUT2D eigenvalue weighted by molar-refractivity contribution is 6.29. The third-order valence-electron chi connectivity index (χ3n) is 3.90. The maximum absolute atomic E-state index is 14.7. The van der Waals surface area contributed by atoms with Crippen LogP contribution in [0.4, 0.5) is 14.9 Å². The van der Waals surface area contributed by atoms with E-state index >= 15 is 0 Å². The number of anilines is 1. The highest BCUT2D eigenvalue weighted by Crippen LogP contribution is 2.25. The molecule has 150 valence electrons. The Labute approximate surface area is 163 Å². The molecule has 1 N–H and O–H groups in total. The van der Waals surface area contributed by atoms with Crippen LogP contribution in [0.15, 0.2) is 12.3 Å². The summed E-state index contributed by atoms with van der Waals surface area (Å²) in [5.74, 6) is -0.564. The van der Waals surface area contributed by atoms with Crippen LogP contribution in [-0.2, 0) is 9.47 Å². The summed E-state index contributed by atoms with van der Waals surface area (Å²) >= 11 is 5.91. The second kappa shape index (κ2) is 8.73. The van der Waals surface area contributed by atoms with Crippen molar-refractivity contribution in [3.05, 3.63) is 23.0 Å². The molecule has 1 saturated heterocycles. The topological polar surface area (TPSA) is 80.8 Å². The number of rotatable bonds is 4. The number of nitrogens with zero attached hydrogens (tertiary/aromatic N) is 2. The quantitative estimate of drug-likeness (QED) is 0.612. The molecule has 9 heteroatoms. The minimum Gasteiger partial charge on any atom is -0.462 e. The van der Waals surface area contributed by atoms with Gasteiger partial charge in [-0.3, -0.25) is 0 Å². The maximum Gasteiger partial charge on any atom is 0.410 e. The first-order valence-corrected chi connectivity index (χ1v) is 9.19. The first-order valence-electron chi connectivity index (χ1n) is 8.82. The second-order valence-electron chi connectivity index (χ2n) is 7.25. The van der Waals surface area contributed by atoms with Gasteiger partial charge in [0.15, 0.2) is 0 Å². The van der Waals surface area contributed by atoms with Crippen LogP contribution in [0.25, 0.3) is 0 Å². The Balaban J connectivity index is 2.06. The number of piperidine rings is 1. The number of alkyl halides is 1. The Morgan fingerprint density at radius 2 is 2.15 bits per heavy atom. The number of amides is 1. The maximum atomic E-state index is 14.7. The molecule has 0 bridgehead atoms. The van der Waals surface area contributed by atoms with Gasteiger partial charge in [-0.1, -0.05) is 11.6 Å². The number of aromatic nitrogens is 1. The van der Waals surface area contributed by atoms with Crippen LogP contribution in [0, 0.1) is 0 Å². The molecule has 0 saturated carbocycles. The highest BCUT2D eigenvalue weighted by Gasteiger charge is 2.34. The highest BCUT2D eigenvalue weighted by atomic mass is 35.5. The van der Waals surface area contributed by atoms with Crippen LogP contribution < -0.4 is 5.32 Å². The fourth-order valence-corrected chi connectivity index (χ4v) is 2.84. The van der Waals surface area contributed by atoms with Crippen molar-refractivity contribution in [2.75, 3.05) is 25.0 Å². The van der Waals surface area contributed by atoms with Crippen molar-refractivity contribution in [3.8, 4) is 0 Å². The molecule has 2 atom stereocenters. The number of likely N-dealkylation sites (tertiary alicyclic amines) is 1. The van der Waals surface area contributed by atoms with E-state index in [0.717, 1.165) is 0 Å². The molecule has 1 fully saturated rings. The Hall–Kier alpha value is -2.09.